The zero-order valence-corrected chi connectivity index (χ0v) is 16.2. The lowest BCUT2D eigenvalue weighted by molar-refractivity contribution is -0.129. The monoisotopic (exact) mass is 368 g/mol. The number of ketones is 1. The minimum absolute atomic E-state index is 0.105. The van der Waals surface area contributed by atoms with Crippen molar-refractivity contribution in [2.75, 3.05) is 26.2 Å². The predicted octanol–water partition coefficient (Wildman–Crippen LogP) is 2.16. The first-order chi connectivity index (χ1) is 13.1. The van der Waals surface area contributed by atoms with Crippen LogP contribution in [0.1, 0.15) is 35.9 Å². The Morgan fingerprint density at radius 2 is 1.96 bits per heavy atom. The molecule has 0 bridgehead atoms. The zero-order valence-electron chi connectivity index (χ0n) is 16.2. The van der Waals surface area contributed by atoms with Crippen LogP contribution in [0.5, 0.6) is 0 Å². The summed E-state index contributed by atoms with van der Waals surface area (Å²) in [6.45, 7) is 5.63. The van der Waals surface area contributed by atoms with E-state index in [2.05, 4.69) is 16.8 Å². The summed E-state index contributed by atoms with van der Waals surface area (Å²) < 4.78 is 1.71. The highest BCUT2D eigenvalue weighted by atomic mass is 16.2. The summed E-state index contributed by atoms with van der Waals surface area (Å²) >= 11 is 0. The van der Waals surface area contributed by atoms with Gasteiger partial charge in [-0.25, -0.2) is 0 Å². The SMILES string of the molecule is CCN1CCC(N(CCc2ccccn2)C(=O)C(=O)c2cccn2C)CC1. The van der Waals surface area contributed by atoms with Crippen LogP contribution in [-0.2, 0) is 18.3 Å². The molecule has 0 radical (unpaired) electrons. The zero-order chi connectivity index (χ0) is 19.2. The van der Waals surface area contributed by atoms with Crippen molar-refractivity contribution in [3.8, 4) is 0 Å². The highest BCUT2D eigenvalue weighted by molar-refractivity contribution is 6.42. The second kappa shape index (κ2) is 8.95. The Bertz CT molecular complexity index is 763. The Kier molecular flexibility index (Phi) is 6.40. The summed E-state index contributed by atoms with van der Waals surface area (Å²) in [4.78, 5) is 34.4. The van der Waals surface area contributed by atoms with Crippen LogP contribution >= 0.6 is 0 Å². The fraction of sp³-hybridized carbons (Fsp3) is 0.476. The number of hydrogen-bond acceptors (Lipinski definition) is 4. The van der Waals surface area contributed by atoms with Crippen molar-refractivity contribution in [2.24, 2.45) is 7.05 Å². The lowest BCUT2D eigenvalue weighted by atomic mass is 10.0. The molecule has 2 aromatic heterocycles. The summed E-state index contributed by atoms with van der Waals surface area (Å²) in [7, 11) is 1.79. The van der Waals surface area contributed by atoms with Crippen molar-refractivity contribution in [3.63, 3.8) is 0 Å². The van der Waals surface area contributed by atoms with Gasteiger partial charge in [0.05, 0.1) is 5.69 Å². The third-order valence-corrected chi connectivity index (χ3v) is 5.41. The fourth-order valence-electron chi connectivity index (χ4n) is 3.72. The van der Waals surface area contributed by atoms with Crippen LogP contribution < -0.4 is 0 Å². The Morgan fingerprint density at radius 1 is 1.19 bits per heavy atom. The van der Waals surface area contributed by atoms with Crippen molar-refractivity contribution < 1.29 is 9.59 Å². The van der Waals surface area contributed by atoms with E-state index in [1.54, 1.807) is 41.0 Å². The Balaban J connectivity index is 1.75. The number of pyridine rings is 1. The van der Waals surface area contributed by atoms with Crippen LogP contribution in [0.15, 0.2) is 42.7 Å². The first kappa shape index (κ1) is 19.3. The minimum Gasteiger partial charge on any atom is -0.348 e. The predicted molar refractivity (Wildman–Crippen MR) is 105 cm³/mol. The van der Waals surface area contributed by atoms with Gasteiger partial charge in [-0.05, 0) is 43.7 Å². The summed E-state index contributed by atoms with van der Waals surface area (Å²) in [6.07, 6.45) is 6.01. The van der Waals surface area contributed by atoms with E-state index in [-0.39, 0.29) is 6.04 Å². The van der Waals surface area contributed by atoms with Crippen molar-refractivity contribution in [1.29, 1.82) is 0 Å². The molecule has 2 aromatic rings. The molecule has 1 aliphatic heterocycles. The average molecular weight is 368 g/mol. The third kappa shape index (κ3) is 4.63. The molecule has 1 amide bonds. The first-order valence-electron chi connectivity index (χ1n) is 9.69. The van der Waals surface area contributed by atoms with E-state index in [9.17, 15) is 9.59 Å². The van der Waals surface area contributed by atoms with Crippen molar-refractivity contribution >= 4 is 11.7 Å². The molecule has 0 spiro atoms. The molecule has 0 atom stereocenters. The largest absolute Gasteiger partial charge is 0.348 e. The number of piperidine rings is 1. The maximum atomic E-state index is 13.1. The molecule has 0 unspecified atom stereocenters. The highest BCUT2D eigenvalue weighted by Crippen LogP contribution is 2.19. The topological polar surface area (TPSA) is 58.4 Å². The number of likely N-dealkylation sites (tertiary alicyclic amines) is 1. The van der Waals surface area contributed by atoms with Crippen LogP contribution in [0.2, 0.25) is 0 Å². The second-order valence-corrected chi connectivity index (χ2v) is 7.07. The second-order valence-electron chi connectivity index (χ2n) is 7.07. The number of nitrogens with zero attached hydrogens (tertiary/aromatic N) is 4. The van der Waals surface area contributed by atoms with Gasteiger partial charge in [-0.3, -0.25) is 14.6 Å². The molecule has 3 heterocycles. The number of amides is 1. The van der Waals surface area contributed by atoms with Crippen molar-refractivity contribution in [2.45, 2.75) is 32.2 Å². The molecule has 1 saturated heterocycles. The Hall–Kier alpha value is -2.47. The van der Waals surface area contributed by atoms with Gasteiger partial charge >= 0.3 is 0 Å². The normalized spacial score (nSPS) is 15.6. The molecule has 0 saturated carbocycles. The molecule has 0 N–H and O–H groups in total. The standard InChI is InChI=1S/C21H28N4O2/c1-3-24-14-10-18(11-15-24)25(16-9-17-7-4-5-12-22-17)21(27)20(26)19-8-6-13-23(19)2/h4-8,12-13,18H,3,9-11,14-16H2,1-2H3. The van der Waals surface area contributed by atoms with E-state index in [0.717, 1.165) is 38.2 Å². The highest BCUT2D eigenvalue weighted by Gasteiger charge is 2.32. The van der Waals surface area contributed by atoms with Gasteiger partial charge in [0.25, 0.3) is 11.7 Å². The Morgan fingerprint density at radius 3 is 2.56 bits per heavy atom. The molecule has 27 heavy (non-hydrogen) atoms. The number of aryl methyl sites for hydroxylation is 1. The lowest BCUT2D eigenvalue weighted by Crippen LogP contribution is -2.50. The number of carbonyl (C=O) groups is 2. The molecule has 1 fully saturated rings. The van der Waals surface area contributed by atoms with Gasteiger partial charge in [-0.1, -0.05) is 13.0 Å². The summed E-state index contributed by atoms with van der Waals surface area (Å²) in [5.74, 6) is -0.830. The van der Waals surface area contributed by atoms with Gasteiger partial charge in [0.15, 0.2) is 0 Å². The number of Topliss-reactive ketones (excluding diaryl/α,β-unsaturated/α-hetero) is 1. The quantitative estimate of drug-likeness (QED) is 0.555. The van der Waals surface area contributed by atoms with Crippen LogP contribution in [0.3, 0.4) is 0 Å². The molecule has 3 rings (SSSR count). The van der Waals surface area contributed by atoms with Gasteiger partial charge in [0.2, 0.25) is 0 Å². The van der Waals surface area contributed by atoms with E-state index in [1.807, 2.05) is 18.2 Å². The number of rotatable bonds is 7. The molecular formula is C21H28N4O2. The number of carbonyl (C=O) groups excluding carboxylic acids is 2. The maximum Gasteiger partial charge on any atom is 0.296 e. The van der Waals surface area contributed by atoms with Crippen molar-refractivity contribution in [3.05, 3.63) is 54.1 Å². The molecule has 6 heteroatoms. The van der Waals surface area contributed by atoms with Gasteiger partial charge in [0.1, 0.15) is 0 Å². The molecule has 144 valence electrons. The number of hydrogen-bond donors (Lipinski definition) is 0. The average Bonchev–Trinajstić information content (AvgIpc) is 3.14. The summed E-state index contributed by atoms with van der Waals surface area (Å²) in [5, 5.41) is 0. The molecular weight excluding hydrogens is 340 g/mol. The maximum absolute atomic E-state index is 13.1. The number of aromatic nitrogens is 2. The van der Waals surface area contributed by atoms with Gasteiger partial charge in [0, 0.05) is 57.2 Å². The Labute approximate surface area is 160 Å². The smallest absolute Gasteiger partial charge is 0.296 e. The van der Waals surface area contributed by atoms with E-state index >= 15 is 0 Å². The lowest BCUT2D eigenvalue weighted by Gasteiger charge is -2.38. The first-order valence-corrected chi connectivity index (χ1v) is 9.69. The van der Waals surface area contributed by atoms with E-state index in [1.165, 1.54) is 0 Å². The molecule has 1 aliphatic rings. The summed E-state index contributed by atoms with van der Waals surface area (Å²) in [6, 6.07) is 9.39. The van der Waals surface area contributed by atoms with Crippen LogP contribution in [0, 0.1) is 0 Å². The van der Waals surface area contributed by atoms with Crippen molar-refractivity contribution in [1.82, 2.24) is 19.4 Å². The van der Waals surface area contributed by atoms with Crippen LogP contribution in [0.25, 0.3) is 0 Å². The van der Waals surface area contributed by atoms with Gasteiger partial charge in [-0.2, -0.15) is 0 Å². The minimum atomic E-state index is -0.429. The molecule has 0 aromatic carbocycles. The van der Waals surface area contributed by atoms with E-state index in [0.29, 0.717) is 18.7 Å². The third-order valence-electron chi connectivity index (χ3n) is 5.41. The summed E-state index contributed by atoms with van der Waals surface area (Å²) in [5.41, 5.74) is 1.38. The van der Waals surface area contributed by atoms with Crippen LogP contribution in [0.4, 0.5) is 0 Å². The molecule has 6 nitrogen and oxygen atoms in total. The van der Waals surface area contributed by atoms with Gasteiger partial charge < -0.3 is 14.4 Å². The van der Waals surface area contributed by atoms with Crippen LogP contribution in [-0.4, -0.2) is 63.3 Å². The molecule has 0 aliphatic carbocycles. The van der Waals surface area contributed by atoms with E-state index < -0.39 is 11.7 Å². The fourth-order valence-corrected chi connectivity index (χ4v) is 3.72. The van der Waals surface area contributed by atoms with E-state index in [4.69, 9.17) is 0 Å². The van der Waals surface area contributed by atoms with Gasteiger partial charge in [-0.15, -0.1) is 0 Å².